The van der Waals surface area contributed by atoms with E-state index < -0.39 is 0 Å². The summed E-state index contributed by atoms with van der Waals surface area (Å²) in [4.78, 5) is 0. The van der Waals surface area contributed by atoms with Crippen molar-refractivity contribution < 1.29 is 4.63 Å². The number of nitrogen functional groups attached to an aromatic ring is 1. The van der Waals surface area contributed by atoms with Crippen LogP contribution in [-0.4, -0.2) is 20.1 Å². The first kappa shape index (κ1) is 11.7. The summed E-state index contributed by atoms with van der Waals surface area (Å²) in [5, 5.41) is 12.1. The van der Waals surface area contributed by atoms with E-state index in [9.17, 15) is 0 Å². The molecule has 0 aliphatic carbocycles. The van der Waals surface area contributed by atoms with E-state index in [4.69, 9.17) is 10.4 Å². The second-order valence-corrected chi connectivity index (χ2v) is 4.67. The number of anilines is 1. The second-order valence-electron chi connectivity index (χ2n) is 4.67. The number of hydrogen-bond acceptors (Lipinski definition) is 5. The normalized spacial score (nSPS) is 11.0. The van der Waals surface area contributed by atoms with Crippen LogP contribution in [-0.2, 0) is 0 Å². The number of fused-ring (bicyclic) bond motifs is 1. The summed E-state index contributed by atoms with van der Waals surface area (Å²) in [6.07, 6.45) is 3.75. The van der Waals surface area contributed by atoms with E-state index in [1.165, 1.54) is 0 Å². The van der Waals surface area contributed by atoms with Gasteiger partial charge in [-0.2, -0.15) is 5.10 Å². The van der Waals surface area contributed by atoms with Crippen LogP contribution < -0.4 is 5.73 Å². The van der Waals surface area contributed by atoms with E-state index in [-0.39, 0.29) is 0 Å². The Morgan fingerprint density at radius 2 is 1.71 bits per heavy atom. The smallest absolute Gasteiger partial charge is 0.162 e. The molecule has 0 saturated carbocycles. The maximum Gasteiger partial charge on any atom is 0.162 e. The molecule has 0 aliphatic rings. The minimum atomic E-state index is 0.533. The van der Waals surface area contributed by atoms with E-state index in [1.54, 1.807) is 10.7 Å². The van der Waals surface area contributed by atoms with Gasteiger partial charge in [0.2, 0.25) is 0 Å². The van der Waals surface area contributed by atoms with Gasteiger partial charge in [-0.25, -0.2) is 9.31 Å². The average molecular weight is 277 g/mol. The van der Waals surface area contributed by atoms with E-state index in [0.717, 1.165) is 16.8 Å². The molecule has 21 heavy (non-hydrogen) atoms. The van der Waals surface area contributed by atoms with Gasteiger partial charge in [-0.05, 0) is 28.0 Å². The van der Waals surface area contributed by atoms with Crippen molar-refractivity contribution in [2.45, 2.75) is 0 Å². The molecule has 0 bridgehead atoms. The van der Waals surface area contributed by atoms with Gasteiger partial charge in [-0.1, -0.05) is 30.3 Å². The quantitative estimate of drug-likeness (QED) is 0.569. The molecule has 0 radical (unpaired) electrons. The SMILES string of the molecule is Nc1ccc(-n2cc(-c3ccccc3)cn2)c2nonc12. The summed E-state index contributed by atoms with van der Waals surface area (Å²) in [5.41, 5.74) is 10.4. The molecular formula is C15H11N5O. The summed E-state index contributed by atoms with van der Waals surface area (Å²) in [6, 6.07) is 13.7. The summed E-state index contributed by atoms with van der Waals surface area (Å²) in [5.74, 6) is 0. The minimum absolute atomic E-state index is 0.533. The molecule has 0 fully saturated rings. The lowest BCUT2D eigenvalue weighted by Gasteiger charge is -2.02. The Bertz CT molecular complexity index is 910. The first-order valence-electron chi connectivity index (χ1n) is 6.44. The van der Waals surface area contributed by atoms with Crippen LogP contribution >= 0.6 is 0 Å². The van der Waals surface area contributed by atoms with Gasteiger partial charge in [0.15, 0.2) is 11.0 Å². The average Bonchev–Trinajstić information content (AvgIpc) is 3.18. The lowest BCUT2D eigenvalue weighted by atomic mass is 10.1. The Kier molecular flexibility index (Phi) is 2.47. The summed E-state index contributed by atoms with van der Waals surface area (Å²) >= 11 is 0. The Balaban J connectivity index is 1.85. The van der Waals surface area contributed by atoms with Crippen molar-refractivity contribution in [3.63, 3.8) is 0 Å². The Hall–Kier alpha value is -3.15. The number of benzene rings is 2. The van der Waals surface area contributed by atoms with Crippen molar-refractivity contribution >= 4 is 16.7 Å². The van der Waals surface area contributed by atoms with Gasteiger partial charge in [0.05, 0.1) is 17.6 Å². The van der Waals surface area contributed by atoms with Crippen molar-refractivity contribution in [3.8, 4) is 16.8 Å². The topological polar surface area (TPSA) is 82.8 Å². The van der Waals surface area contributed by atoms with Crippen LogP contribution in [0, 0.1) is 0 Å². The fourth-order valence-electron chi connectivity index (χ4n) is 2.29. The summed E-state index contributed by atoms with van der Waals surface area (Å²) in [6.45, 7) is 0. The van der Waals surface area contributed by atoms with Crippen LogP contribution in [0.5, 0.6) is 0 Å². The number of rotatable bonds is 2. The van der Waals surface area contributed by atoms with Crippen molar-refractivity contribution in [2.24, 2.45) is 0 Å². The maximum absolute atomic E-state index is 5.85. The van der Waals surface area contributed by atoms with E-state index >= 15 is 0 Å². The van der Waals surface area contributed by atoms with Gasteiger partial charge in [-0.3, -0.25) is 0 Å². The third kappa shape index (κ3) is 1.85. The lowest BCUT2D eigenvalue weighted by Crippen LogP contribution is -1.97. The van der Waals surface area contributed by atoms with Gasteiger partial charge >= 0.3 is 0 Å². The third-order valence-electron chi connectivity index (χ3n) is 3.36. The molecule has 0 spiro atoms. The van der Waals surface area contributed by atoms with E-state index in [1.807, 2.05) is 48.8 Å². The van der Waals surface area contributed by atoms with Gasteiger partial charge in [0.1, 0.15) is 0 Å². The monoisotopic (exact) mass is 277 g/mol. The zero-order valence-corrected chi connectivity index (χ0v) is 11.0. The zero-order valence-electron chi connectivity index (χ0n) is 11.0. The van der Waals surface area contributed by atoms with Crippen LogP contribution in [0.1, 0.15) is 0 Å². The van der Waals surface area contributed by atoms with Gasteiger partial charge in [-0.15, -0.1) is 0 Å². The first-order chi connectivity index (χ1) is 10.3. The zero-order chi connectivity index (χ0) is 14.2. The van der Waals surface area contributed by atoms with Crippen LogP contribution in [0.4, 0.5) is 5.69 Å². The van der Waals surface area contributed by atoms with Gasteiger partial charge in [0, 0.05) is 11.8 Å². The summed E-state index contributed by atoms with van der Waals surface area (Å²) in [7, 11) is 0. The minimum Gasteiger partial charge on any atom is -0.397 e. The summed E-state index contributed by atoms with van der Waals surface area (Å²) < 4.78 is 6.52. The van der Waals surface area contributed by atoms with Gasteiger partial charge in [0.25, 0.3) is 0 Å². The molecule has 0 atom stereocenters. The maximum atomic E-state index is 5.85. The Morgan fingerprint density at radius 1 is 0.905 bits per heavy atom. The molecule has 0 amide bonds. The van der Waals surface area contributed by atoms with E-state index in [2.05, 4.69) is 15.4 Å². The molecule has 2 aromatic heterocycles. The third-order valence-corrected chi connectivity index (χ3v) is 3.36. The molecule has 0 aliphatic heterocycles. The molecule has 6 heteroatoms. The number of aromatic nitrogens is 4. The van der Waals surface area contributed by atoms with Crippen molar-refractivity contribution in [3.05, 3.63) is 54.9 Å². The predicted molar refractivity (Wildman–Crippen MR) is 78.8 cm³/mol. The van der Waals surface area contributed by atoms with Crippen LogP contribution in [0.2, 0.25) is 0 Å². The highest BCUT2D eigenvalue weighted by atomic mass is 16.6. The molecule has 4 aromatic rings. The molecule has 2 N–H and O–H groups in total. The van der Waals surface area contributed by atoms with Crippen LogP contribution in [0.15, 0.2) is 59.5 Å². The molecule has 2 heterocycles. The van der Waals surface area contributed by atoms with Crippen molar-refractivity contribution in [1.82, 2.24) is 20.1 Å². The molecule has 0 saturated heterocycles. The number of nitrogens with zero attached hydrogens (tertiary/aromatic N) is 4. The van der Waals surface area contributed by atoms with Crippen LogP contribution in [0.3, 0.4) is 0 Å². The Labute approximate surface area is 119 Å². The van der Waals surface area contributed by atoms with Gasteiger partial charge < -0.3 is 5.73 Å². The standard InChI is InChI=1S/C15H11N5O/c16-12-6-7-13(15-14(12)18-21-19-15)20-9-11(8-17-20)10-4-2-1-3-5-10/h1-9H,16H2. The predicted octanol–water partition coefficient (Wildman–Crippen LogP) is 2.66. The fourth-order valence-corrected chi connectivity index (χ4v) is 2.29. The largest absolute Gasteiger partial charge is 0.397 e. The van der Waals surface area contributed by atoms with Crippen molar-refractivity contribution in [2.75, 3.05) is 5.73 Å². The van der Waals surface area contributed by atoms with Crippen LogP contribution in [0.25, 0.3) is 27.8 Å². The fraction of sp³-hybridized carbons (Fsp3) is 0. The number of nitrogens with two attached hydrogens (primary N) is 1. The molecule has 6 nitrogen and oxygen atoms in total. The van der Waals surface area contributed by atoms with E-state index in [0.29, 0.717) is 16.7 Å². The second kappa shape index (κ2) is 4.45. The first-order valence-corrected chi connectivity index (χ1v) is 6.44. The number of hydrogen-bond donors (Lipinski definition) is 1. The highest BCUT2D eigenvalue weighted by molar-refractivity contribution is 5.91. The highest BCUT2D eigenvalue weighted by Crippen LogP contribution is 2.25. The lowest BCUT2D eigenvalue weighted by molar-refractivity contribution is 0.315. The highest BCUT2D eigenvalue weighted by Gasteiger charge is 2.12. The molecule has 2 aromatic carbocycles. The molecule has 0 unspecified atom stereocenters. The molecule has 4 rings (SSSR count). The molecular weight excluding hydrogens is 266 g/mol. The molecule has 102 valence electrons. The Morgan fingerprint density at radius 3 is 2.57 bits per heavy atom. The van der Waals surface area contributed by atoms with Crippen molar-refractivity contribution in [1.29, 1.82) is 0 Å².